The van der Waals surface area contributed by atoms with Gasteiger partial charge in [-0.2, -0.15) is 0 Å². The zero-order chi connectivity index (χ0) is 13.9. The first kappa shape index (κ1) is 14.5. The lowest BCUT2D eigenvalue weighted by molar-refractivity contribution is -0.0148. The van der Waals surface area contributed by atoms with Crippen molar-refractivity contribution in [3.8, 4) is 0 Å². The van der Waals surface area contributed by atoms with E-state index < -0.39 is 5.60 Å². The Kier molecular flexibility index (Phi) is 4.62. The van der Waals surface area contributed by atoms with Crippen LogP contribution in [-0.4, -0.2) is 43.4 Å². The molecule has 1 aliphatic heterocycles. The highest BCUT2D eigenvalue weighted by molar-refractivity contribution is 6.41. The standard InChI is InChI=1S/C12H14Cl2N2O3/c1-18-12(2-3-19-7-12)6-16-11(17)8-4-9(13)10(14)15-5-8/h4-5H,2-3,6-7H2,1H3,(H,16,17). The Morgan fingerprint density at radius 3 is 3.00 bits per heavy atom. The van der Waals surface area contributed by atoms with Crippen LogP contribution in [0.5, 0.6) is 0 Å². The van der Waals surface area contributed by atoms with E-state index in [1.807, 2.05) is 0 Å². The first-order valence-electron chi connectivity index (χ1n) is 5.78. The van der Waals surface area contributed by atoms with Crippen molar-refractivity contribution in [1.29, 1.82) is 0 Å². The molecule has 1 unspecified atom stereocenters. The lowest BCUT2D eigenvalue weighted by Crippen LogP contribution is -2.45. The summed E-state index contributed by atoms with van der Waals surface area (Å²) in [5.41, 5.74) is -0.0844. The molecular weight excluding hydrogens is 291 g/mol. The number of halogens is 2. The molecule has 19 heavy (non-hydrogen) atoms. The molecule has 0 aliphatic carbocycles. The Morgan fingerprint density at radius 1 is 1.63 bits per heavy atom. The molecular formula is C12H14Cl2N2O3. The van der Waals surface area contributed by atoms with E-state index in [1.54, 1.807) is 7.11 Å². The van der Waals surface area contributed by atoms with E-state index in [1.165, 1.54) is 12.3 Å². The monoisotopic (exact) mass is 304 g/mol. The summed E-state index contributed by atoms with van der Waals surface area (Å²) in [5, 5.41) is 3.22. The number of amides is 1. The summed E-state index contributed by atoms with van der Waals surface area (Å²) in [6.45, 7) is 1.49. The number of carbonyl (C=O) groups excluding carboxylic acids is 1. The molecule has 1 fully saturated rings. The van der Waals surface area contributed by atoms with Gasteiger partial charge in [0.15, 0.2) is 0 Å². The normalized spacial score (nSPS) is 22.5. The van der Waals surface area contributed by atoms with Gasteiger partial charge in [-0.1, -0.05) is 23.2 Å². The number of carbonyl (C=O) groups is 1. The summed E-state index contributed by atoms with van der Waals surface area (Å²) in [6.07, 6.45) is 2.14. The molecule has 1 N–H and O–H groups in total. The number of ether oxygens (including phenoxy) is 2. The Morgan fingerprint density at radius 2 is 2.42 bits per heavy atom. The number of nitrogens with zero attached hydrogens (tertiary/aromatic N) is 1. The highest BCUT2D eigenvalue weighted by atomic mass is 35.5. The molecule has 0 saturated carbocycles. The maximum atomic E-state index is 12.0. The fraction of sp³-hybridized carbons (Fsp3) is 0.500. The molecule has 1 amide bonds. The van der Waals surface area contributed by atoms with Crippen LogP contribution in [0.15, 0.2) is 12.3 Å². The third kappa shape index (κ3) is 3.36. The van der Waals surface area contributed by atoms with Crippen LogP contribution in [-0.2, 0) is 9.47 Å². The average Bonchev–Trinajstić information content (AvgIpc) is 2.89. The van der Waals surface area contributed by atoms with Crippen molar-refractivity contribution in [3.63, 3.8) is 0 Å². The SMILES string of the molecule is COC1(CNC(=O)c2cnc(Cl)c(Cl)c2)CCOC1. The molecule has 5 nitrogen and oxygen atoms in total. The van der Waals surface area contributed by atoms with Crippen molar-refractivity contribution in [2.24, 2.45) is 0 Å². The van der Waals surface area contributed by atoms with Gasteiger partial charge >= 0.3 is 0 Å². The average molecular weight is 305 g/mol. The number of aromatic nitrogens is 1. The lowest BCUT2D eigenvalue weighted by Gasteiger charge is -2.25. The van der Waals surface area contributed by atoms with Gasteiger partial charge in [-0.25, -0.2) is 4.98 Å². The van der Waals surface area contributed by atoms with Crippen LogP contribution in [0, 0.1) is 0 Å². The molecule has 0 radical (unpaired) electrons. The van der Waals surface area contributed by atoms with Crippen molar-refractivity contribution >= 4 is 29.1 Å². The van der Waals surface area contributed by atoms with Gasteiger partial charge in [0.2, 0.25) is 0 Å². The van der Waals surface area contributed by atoms with E-state index in [0.29, 0.717) is 25.3 Å². The van der Waals surface area contributed by atoms with E-state index in [9.17, 15) is 4.79 Å². The third-order valence-electron chi connectivity index (χ3n) is 3.13. The van der Waals surface area contributed by atoms with E-state index in [2.05, 4.69) is 10.3 Å². The number of hydrogen-bond donors (Lipinski definition) is 1. The van der Waals surface area contributed by atoms with E-state index in [0.717, 1.165) is 6.42 Å². The maximum absolute atomic E-state index is 12.0. The summed E-state index contributed by atoms with van der Waals surface area (Å²) < 4.78 is 10.7. The van der Waals surface area contributed by atoms with Gasteiger partial charge < -0.3 is 14.8 Å². The summed E-state index contributed by atoms with van der Waals surface area (Å²) >= 11 is 11.5. The molecule has 104 valence electrons. The highest BCUT2D eigenvalue weighted by Crippen LogP contribution is 2.22. The zero-order valence-corrected chi connectivity index (χ0v) is 11.9. The molecule has 1 aliphatic rings. The molecule has 1 atom stereocenters. The Bertz CT molecular complexity index is 476. The van der Waals surface area contributed by atoms with Gasteiger partial charge in [-0.3, -0.25) is 4.79 Å². The first-order valence-corrected chi connectivity index (χ1v) is 6.54. The van der Waals surface area contributed by atoms with Crippen molar-refractivity contribution in [2.75, 3.05) is 26.9 Å². The number of hydrogen-bond acceptors (Lipinski definition) is 4. The van der Waals surface area contributed by atoms with Crippen molar-refractivity contribution in [2.45, 2.75) is 12.0 Å². The van der Waals surface area contributed by atoms with Gasteiger partial charge in [0.05, 0.1) is 17.2 Å². The van der Waals surface area contributed by atoms with Crippen molar-refractivity contribution in [1.82, 2.24) is 10.3 Å². The molecule has 2 heterocycles. The van der Waals surface area contributed by atoms with E-state index in [-0.39, 0.29) is 16.1 Å². The van der Waals surface area contributed by atoms with Gasteiger partial charge in [0, 0.05) is 32.9 Å². The van der Waals surface area contributed by atoms with Gasteiger partial charge in [-0.15, -0.1) is 0 Å². The lowest BCUT2D eigenvalue weighted by atomic mass is 10.0. The van der Waals surface area contributed by atoms with Crippen molar-refractivity contribution in [3.05, 3.63) is 28.0 Å². The summed E-state index contributed by atoms with van der Waals surface area (Å²) in [5.74, 6) is -0.269. The van der Waals surface area contributed by atoms with Gasteiger partial charge in [0.25, 0.3) is 5.91 Å². The minimum absolute atomic E-state index is 0.177. The fourth-order valence-corrected chi connectivity index (χ4v) is 2.12. The molecule has 0 aromatic carbocycles. The number of pyridine rings is 1. The van der Waals surface area contributed by atoms with Gasteiger partial charge in [0.1, 0.15) is 10.8 Å². The smallest absolute Gasteiger partial charge is 0.253 e. The summed E-state index contributed by atoms with van der Waals surface area (Å²) in [4.78, 5) is 15.8. The Balaban J connectivity index is 1.99. The number of rotatable bonds is 4. The number of methoxy groups -OCH3 is 1. The highest BCUT2D eigenvalue weighted by Gasteiger charge is 2.35. The third-order valence-corrected chi connectivity index (χ3v) is 3.82. The minimum atomic E-state index is -0.445. The molecule has 1 saturated heterocycles. The second-order valence-electron chi connectivity index (χ2n) is 4.37. The van der Waals surface area contributed by atoms with Crippen LogP contribution in [0.2, 0.25) is 10.2 Å². The summed E-state index contributed by atoms with van der Waals surface area (Å²) in [7, 11) is 1.61. The van der Waals surface area contributed by atoms with Crippen molar-refractivity contribution < 1.29 is 14.3 Å². The van der Waals surface area contributed by atoms with Crippen LogP contribution in [0.4, 0.5) is 0 Å². The van der Waals surface area contributed by atoms with E-state index in [4.69, 9.17) is 32.7 Å². The van der Waals surface area contributed by atoms with Crippen LogP contribution in [0.25, 0.3) is 0 Å². The molecule has 7 heteroatoms. The molecule has 2 rings (SSSR count). The first-order chi connectivity index (χ1) is 9.06. The second kappa shape index (κ2) is 6.05. The fourth-order valence-electron chi connectivity index (χ4n) is 1.85. The minimum Gasteiger partial charge on any atom is -0.378 e. The van der Waals surface area contributed by atoms with Crippen LogP contribution < -0.4 is 5.32 Å². The molecule has 0 bridgehead atoms. The molecule has 1 aromatic heterocycles. The molecule has 1 aromatic rings. The topological polar surface area (TPSA) is 60.5 Å². The predicted molar refractivity (Wildman–Crippen MR) is 71.8 cm³/mol. The van der Waals surface area contributed by atoms with Crippen LogP contribution in [0.3, 0.4) is 0 Å². The van der Waals surface area contributed by atoms with Gasteiger partial charge in [-0.05, 0) is 6.07 Å². The van der Waals surface area contributed by atoms with Crippen LogP contribution in [0.1, 0.15) is 16.8 Å². The summed E-state index contributed by atoms with van der Waals surface area (Å²) in [6, 6.07) is 1.48. The quantitative estimate of drug-likeness (QED) is 0.864. The zero-order valence-electron chi connectivity index (χ0n) is 10.4. The van der Waals surface area contributed by atoms with Crippen LogP contribution >= 0.6 is 23.2 Å². The largest absolute Gasteiger partial charge is 0.378 e. The number of nitrogens with one attached hydrogen (secondary N) is 1. The van der Waals surface area contributed by atoms with E-state index >= 15 is 0 Å². The maximum Gasteiger partial charge on any atom is 0.253 e. The predicted octanol–water partition coefficient (Wildman–Crippen LogP) is 1.92. The Hall–Kier alpha value is -0.880. The second-order valence-corrected chi connectivity index (χ2v) is 5.13. The molecule has 0 spiro atoms. The Labute approximate surface area is 121 Å².